The molecule has 4 heteroatoms. The van der Waals surface area contributed by atoms with Crippen LogP contribution in [-0.4, -0.2) is 47.8 Å². The lowest BCUT2D eigenvalue weighted by Gasteiger charge is -2.19. The number of aromatic hydroxyl groups is 1. The number of nitrogens with zero attached hydrogens (tertiary/aromatic N) is 1. The van der Waals surface area contributed by atoms with Crippen LogP contribution in [0.5, 0.6) is 5.75 Å². The Bertz CT molecular complexity index is 388. The molecule has 0 bridgehead atoms. The number of nitrogens with one attached hydrogen (secondary N) is 1. The Labute approximate surface area is 115 Å². The Hall–Kier alpha value is -1.10. The minimum absolute atomic E-state index is 0.0997. The summed E-state index contributed by atoms with van der Waals surface area (Å²) in [7, 11) is 0. The summed E-state index contributed by atoms with van der Waals surface area (Å²) in [5, 5.41) is 22.1. The van der Waals surface area contributed by atoms with Gasteiger partial charge in [-0.3, -0.25) is 0 Å². The highest BCUT2D eigenvalue weighted by molar-refractivity contribution is 5.35. The van der Waals surface area contributed by atoms with Gasteiger partial charge in [0.25, 0.3) is 0 Å². The second-order valence-electron chi connectivity index (χ2n) is 5.17. The lowest BCUT2D eigenvalue weighted by Crippen LogP contribution is -2.29. The normalized spacial score (nSPS) is 17.3. The lowest BCUT2D eigenvalue weighted by atomic mass is 10.1. The molecule has 0 unspecified atom stereocenters. The van der Waals surface area contributed by atoms with Crippen molar-refractivity contribution in [2.24, 2.45) is 0 Å². The van der Waals surface area contributed by atoms with Crippen LogP contribution in [0.3, 0.4) is 0 Å². The number of rotatable bonds is 5. The zero-order valence-corrected chi connectivity index (χ0v) is 11.4. The topological polar surface area (TPSA) is 55.7 Å². The molecule has 0 atom stereocenters. The fraction of sp³-hybridized carbons (Fsp3) is 0.600. The Morgan fingerprint density at radius 1 is 1.21 bits per heavy atom. The average molecular weight is 264 g/mol. The van der Waals surface area contributed by atoms with Gasteiger partial charge in [-0.1, -0.05) is 6.07 Å². The molecular formula is C15H24N2O2. The highest BCUT2D eigenvalue weighted by Gasteiger charge is 2.08. The Balaban J connectivity index is 1.78. The number of benzene rings is 1. The third-order valence-electron chi connectivity index (χ3n) is 3.69. The van der Waals surface area contributed by atoms with Gasteiger partial charge in [-0.05, 0) is 56.6 Å². The van der Waals surface area contributed by atoms with Gasteiger partial charge >= 0.3 is 0 Å². The van der Waals surface area contributed by atoms with Gasteiger partial charge in [0, 0.05) is 18.7 Å². The molecule has 1 aliphatic heterocycles. The maximum absolute atomic E-state index is 9.52. The van der Waals surface area contributed by atoms with Crippen molar-refractivity contribution in [2.45, 2.75) is 25.9 Å². The van der Waals surface area contributed by atoms with Gasteiger partial charge in [-0.2, -0.15) is 0 Å². The molecule has 2 rings (SSSR count). The Morgan fingerprint density at radius 2 is 2.11 bits per heavy atom. The van der Waals surface area contributed by atoms with Crippen molar-refractivity contribution in [2.75, 3.05) is 32.7 Å². The monoisotopic (exact) mass is 264 g/mol. The molecule has 106 valence electrons. The molecule has 1 fully saturated rings. The molecule has 0 radical (unpaired) electrons. The second-order valence-corrected chi connectivity index (χ2v) is 5.17. The summed E-state index contributed by atoms with van der Waals surface area (Å²) in [6, 6.07) is 5.52. The number of hydrogen-bond acceptors (Lipinski definition) is 4. The number of aliphatic hydroxyl groups excluding tert-OH is 1. The van der Waals surface area contributed by atoms with Gasteiger partial charge in [-0.15, -0.1) is 0 Å². The molecule has 19 heavy (non-hydrogen) atoms. The van der Waals surface area contributed by atoms with Crippen LogP contribution in [0.2, 0.25) is 0 Å². The summed E-state index contributed by atoms with van der Waals surface area (Å²) in [5.74, 6) is 0.185. The molecule has 1 aromatic carbocycles. The van der Waals surface area contributed by atoms with Crippen LogP contribution in [0, 0.1) is 0 Å². The third-order valence-corrected chi connectivity index (χ3v) is 3.69. The summed E-state index contributed by atoms with van der Waals surface area (Å²) in [6.45, 7) is 5.57. The Morgan fingerprint density at radius 3 is 2.95 bits per heavy atom. The van der Waals surface area contributed by atoms with E-state index in [4.69, 9.17) is 5.11 Å². The maximum Gasteiger partial charge on any atom is 0.121 e. The smallest absolute Gasteiger partial charge is 0.121 e. The van der Waals surface area contributed by atoms with Crippen LogP contribution in [0.1, 0.15) is 24.0 Å². The van der Waals surface area contributed by atoms with Crippen molar-refractivity contribution in [1.29, 1.82) is 0 Å². The highest BCUT2D eigenvalue weighted by Crippen LogP contribution is 2.19. The number of aryl methyl sites for hydroxylation is 1. The van der Waals surface area contributed by atoms with E-state index in [1.807, 2.05) is 12.1 Å². The summed E-state index contributed by atoms with van der Waals surface area (Å²) in [4.78, 5) is 2.51. The van der Waals surface area contributed by atoms with Gasteiger partial charge in [0.05, 0.1) is 6.61 Å². The van der Waals surface area contributed by atoms with Crippen LogP contribution in [0.15, 0.2) is 18.2 Å². The first-order chi connectivity index (χ1) is 9.29. The fourth-order valence-electron chi connectivity index (χ4n) is 2.55. The second kappa shape index (κ2) is 7.48. The molecular weight excluding hydrogens is 240 g/mol. The molecule has 1 saturated heterocycles. The van der Waals surface area contributed by atoms with Gasteiger partial charge in [0.15, 0.2) is 0 Å². The highest BCUT2D eigenvalue weighted by atomic mass is 16.3. The first-order valence-electron chi connectivity index (χ1n) is 7.14. The first kappa shape index (κ1) is 14.3. The van der Waals surface area contributed by atoms with Crippen molar-refractivity contribution >= 4 is 0 Å². The van der Waals surface area contributed by atoms with E-state index in [1.165, 1.54) is 18.5 Å². The van der Waals surface area contributed by atoms with Gasteiger partial charge in [0.1, 0.15) is 5.75 Å². The summed E-state index contributed by atoms with van der Waals surface area (Å²) >= 11 is 0. The SMILES string of the molecule is OCc1cc(CCCN2CCCNCC2)ccc1O. The van der Waals surface area contributed by atoms with Gasteiger partial charge in [0.2, 0.25) is 0 Å². The molecule has 1 aliphatic rings. The minimum Gasteiger partial charge on any atom is -0.508 e. The first-order valence-corrected chi connectivity index (χ1v) is 7.14. The van der Waals surface area contributed by atoms with E-state index in [0.29, 0.717) is 5.56 Å². The number of aliphatic hydroxyl groups is 1. The van der Waals surface area contributed by atoms with Crippen LogP contribution in [0.4, 0.5) is 0 Å². The van der Waals surface area contributed by atoms with Gasteiger partial charge in [-0.25, -0.2) is 0 Å². The van der Waals surface area contributed by atoms with E-state index < -0.39 is 0 Å². The quantitative estimate of drug-likeness (QED) is 0.746. The van der Waals surface area contributed by atoms with Crippen LogP contribution in [0.25, 0.3) is 0 Å². The van der Waals surface area contributed by atoms with Crippen molar-refractivity contribution in [1.82, 2.24) is 10.2 Å². The zero-order chi connectivity index (χ0) is 13.5. The van der Waals surface area contributed by atoms with Crippen molar-refractivity contribution in [3.63, 3.8) is 0 Å². The molecule has 1 heterocycles. The summed E-state index contributed by atoms with van der Waals surface area (Å²) in [6.07, 6.45) is 3.35. The maximum atomic E-state index is 9.52. The van der Waals surface area contributed by atoms with Gasteiger partial charge < -0.3 is 20.4 Å². The number of phenols is 1. The predicted molar refractivity (Wildman–Crippen MR) is 76.3 cm³/mol. The van der Waals surface area contributed by atoms with Crippen molar-refractivity contribution in [3.8, 4) is 5.75 Å². The molecule has 4 nitrogen and oxygen atoms in total. The van der Waals surface area contributed by atoms with E-state index in [9.17, 15) is 5.11 Å². The Kier molecular flexibility index (Phi) is 5.63. The summed E-state index contributed by atoms with van der Waals surface area (Å²) < 4.78 is 0. The van der Waals surface area contributed by atoms with E-state index >= 15 is 0 Å². The molecule has 0 aliphatic carbocycles. The van der Waals surface area contributed by atoms with Crippen LogP contribution >= 0.6 is 0 Å². The average Bonchev–Trinajstić information content (AvgIpc) is 2.69. The number of hydrogen-bond donors (Lipinski definition) is 3. The minimum atomic E-state index is -0.0997. The van der Waals surface area contributed by atoms with Crippen molar-refractivity contribution in [3.05, 3.63) is 29.3 Å². The fourth-order valence-corrected chi connectivity index (χ4v) is 2.55. The third kappa shape index (κ3) is 4.49. The van der Waals surface area contributed by atoms with E-state index in [1.54, 1.807) is 6.07 Å². The summed E-state index contributed by atoms with van der Waals surface area (Å²) in [5.41, 5.74) is 1.81. The molecule has 3 N–H and O–H groups in total. The van der Waals surface area contributed by atoms with Crippen molar-refractivity contribution < 1.29 is 10.2 Å². The molecule has 0 saturated carbocycles. The standard InChI is InChI=1S/C15H24N2O2/c18-12-14-11-13(4-5-15(14)19)3-1-8-17-9-2-6-16-7-10-17/h4-5,11,16,18-19H,1-3,6-10,12H2. The predicted octanol–water partition coefficient (Wildman–Crippen LogP) is 1.11. The molecule has 1 aromatic rings. The van der Waals surface area contributed by atoms with Crippen LogP contribution in [-0.2, 0) is 13.0 Å². The molecule has 0 spiro atoms. The van der Waals surface area contributed by atoms with Crippen LogP contribution < -0.4 is 5.32 Å². The largest absolute Gasteiger partial charge is 0.508 e. The van der Waals surface area contributed by atoms with E-state index in [-0.39, 0.29) is 12.4 Å². The lowest BCUT2D eigenvalue weighted by molar-refractivity contribution is 0.275. The molecule has 0 aromatic heterocycles. The van der Waals surface area contributed by atoms with E-state index in [2.05, 4.69) is 10.2 Å². The zero-order valence-electron chi connectivity index (χ0n) is 11.4. The molecule has 0 amide bonds. The van der Waals surface area contributed by atoms with E-state index in [0.717, 1.165) is 39.0 Å².